The van der Waals surface area contributed by atoms with Gasteiger partial charge in [-0.05, 0) is 48.5 Å². The fourth-order valence-corrected chi connectivity index (χ4v) is 7.97. The van der Waals surface area contributed by atoms with E-state index in [4.69, 9.17) is 15.0 Å². The fraction of sp³-hybridized carbons (Fsp3) is 0. The Labute approximate surface area is 293 Å². The third-order valence-electron chi connectivity index (χ3n) is 10.1. The Kier molecular flexibility index (Phi) is 5.86. The normalized spacial score (nSPS) is 12.3. The van der Waals surface area contributed by atoms with Crippen molar-refractivity contribution in [1.29, 1.82) is 0 Å². The van der Waals surface area contributed by atoms with Gasteiger partial charge in [0.15, 0.2) is 11.6 Å². The van der Waals surface area contributed by atoms with Gasteiger partial charge in [-0.3, -0.25) is 4.57 Å². The van der Waals surface area contributed by atoms with Crippen LogP contribution in [0.1, 0.15) is 0 Å². The number of para-hydroxylation sites is 5. The number of fused-ring (bicyclic) bond motifs is 9. The fourth-order valence-electron chi connectivity index (χ4n) is 7.97. The van der Waals surface area contributed by atoms with E-state index in [-0.39, 0.29) is 0 Å². The summed E-state index contributed by atoms with van der Waals surface area (Å²) in [6.07, 6.45) is 0. The highest BCUT2D eigenvalue weighted by Crippen LogP contribution is 2.51. The van der Waals surface area contributed by atoms with Crippen molar-refractivity contribution in [3.8, 4) is 34.4 Å². The summed E-state index contributed by atoms with van der Waals surface area (Å²) in [7, 11) is 0. The van der Waals surface area contributed by atoms with Crippen LogP contribution in [-0.4, -0.2) is 24.1 Å². The number of benzene rings is 7. The number of hydrogen-bond acceptors (Lipinski definition) is 4. The average Bonchev–Trinajstić information content (AvgIpc) is 3.73. The Balaban J connectivity index is 1.26. The minimum absolute atomic E-state index is 0.586. The highest BCUT2D eigenvalue weighted by atomic mass is 15.2. The molecule has 0 spiro atoms. The highest BCUT2D eigenvalue weighted by molar-refractivity contribution is 6.30. The van der Waals surface area contributed by atoms with E-state index in [1.54, 1.807) is 0 Å². The van der Waals surface area contributed by atoms with Gasteiger partial charge in [-0.2, -0.15) is 9.97 Å². The van der Waals surface area contributed by atoms with Crippen molar-refractivity contribution in [3.63, 3.8) is 0 Å². The molecule has 0 saturated carbocycles. The summed E-state index contributed by atoms with van der Waals surface area (Å²) >= 11 is 0. The van der Waals surface area contributed by atoms with Gasteiger partial charge >= 0.3 is 0 Å². The second-order valence-electron chi connectivity index (χ2n) is 12.9. The highest BCUT2D eigenvalue weighted by Gasteiger charge is 2.30. The van der Waals surface area contributed by atoms with Crippen LogP contribution >= 0.6 is 0 Å². The SMILES string of the molecule is c1ccc(-c2nc(-c3ccccc3)nc(-n3c4ccccc4c4c5c6cccc7c6n(c5ccc43)-c3ccccc3N7c3ccccc3)n2)cc1. The van der Waals surface area contributed by atoms with Crippen LogP contribution < -0.4 is 4.90 Å². The minimum Gasteiger partial charge on any atom is -0.306 e. The maximum Gasteiger partial charge on any atom is 0.238 e. The molecular weight excluding hydrogens is 625 g/mol. The molecule has 4 heterocycles. The zero-order chi connectivity index (χ0) is 33.5. The molecule has 6 heteroatoms. The quantitative estimate of drug-likeness (QED) is 0.190. The summed E-state index contributed by atoms with van der Waals surface area (Å²) in [6, 6.07) is 59.5. The minimum atomic E-state index is 0.586. The largest absolute Gasteiger partial charge is 0.306 e. The number of anilines is 3. The molecule has 3 aromatic heterocycles. The molecule has 0 amide bonds. The molecule has 1 aliphatic rings. The lowest BCUT2D eigenvalue weighted by Crippen LogP contribution is -2.17. The van der Waals surface area contributed by atoms with E-state index in [1.807, 2.05) is 60.7 Å². The summed E-state index contributed by atoms with van der Waals surface area (Å²) in [4.78, 5) is 17.7. The van der Waals surface area contributed by atoms with Crippen LogP contribution in [-0.2, 0) is 0 Å². The van der Waals surface area contributed by atoms with Crippen molar-refractivity contribution < 1.29 is 0 Å². The molecule has 0 unspecified atom stereocenters. The van der Waals surface area contributed by atoms with E-state index in [1.165, 1.54) is 27.2 Å². The van der Waals surface area contributed by atoms with Crippen LogP contribution in [0.5, 0.6) is 0 Å². The standard InChI is InChI=1S/C45H28N6/c1-4-15-29(16-5-1)43-46-44(30-17-6-2-7-18-30)48-45(47-43)51-34-23-11-10-21-32(34)40-38(51)28-27-37-41(40)33-22-14-26-39-42(33)50(37)36-25-13-12-24-35(36)49(39)31-19-8-3-9-20-31/h1-28H. The van der Waals surface area contributed by atoms with Crippen molar-refractivity contribution >= 4 is 60.7 Å². The Morgan fingerprint density at radius 2 is 0.882 bits per heavy atom. The number of hydrogen-bond donors (Lipinski definition) is 0. The van der Waals surface area contributed by atoms with Gasteiger partial charge < -0.3 is 9.47 Å². The first-order valence-electron chi connectivity index (χ1n) is 17.1. The van der Waals surface area contributed by atoms with Gasteiger partial charge in [0.1, 0.15) is 0 Å². The van der Waals surface area contributed by atoms with Gasteiger partial charge in [0, 0.05) is 38.4 Å². The molecule has 6 nitrogen and oxygen atoms in total. The second-order valence-corrected chi connectivity index (χ2v) is 12.9. The molecule has 1 aliphatic heterocycles. The lowest BCUT2D eigenvalue weighted by atomic mass is 10.0. The van der Waals surface area contributed by atoms with Crippen molar-refractivity contribution in [3.05, 3.63) is 170 Å². The Bertz CT molecular complexity index is 2910. The lowest BCUT2D eigenvalue weighted by molar-refractivity contribution is 0.953. The first-order valence-corrected chi connectivity index (χ1v) is 17.1. The second kappa shape index (κ2) is 10.7. The molecule has 10 aromatic rings. The van der Waals surface area contributed by atoms with Gasteiger partial charge in [0.05, 0.1) is 39.1 Å². The molecule has 51 heavy (non-hydrogen) atoms. The summed E-state index contributed by atoms with van der Waals surface area (Å²) in [6.45, 7) is 0. The Morgan fingerprint density at radius 3 is 1.59 bits per heavy atom. The van der Waals surface area contributed by atoms with Crippen LogP contribution in [0.2, 0.25) is 0 Å². The van der Waals surface area contributed by atoms with Gasteiger partial charge in [0.25, 0.3) is 0 Å². The summed E-state index contributed by atoms with van der Waals surface area (Å²) in [5.41, 5.74) is 10.9. The number of nitrogens with zero attached hydrogens (tertiary/aromatic N) is 6. The van der Waals surface area contributed by atoms with Crippen molar-refractivity contribution in [2.24, 2.45) is 0 Å². The maximum absolute atomic E-state index is 5.16. The van der Waals surface area contributed by atoms with E-state index < -0.39 is 0 Å². The van der Waals surface area contributed by atoms with Crippen molar-refractivity contribution in [2.45, 2.75) is 0 Å². The molecule has 0 atom stereocenters. The molecular formula is C45H28N6. The van der Waals surface area contributed by atoms with Crippen molar-refractivity contribution in [2.75, 3.05) is 4.90 Å². The average molecular weight is 653 g/mol. The molecule has 238 valence electrons. The first kappa shape index (κ1) is 27.9. The molecule has 0 aliphatic carbocycles. The van der Waals surface area contributed by atoms with Gasteiger partial charge in [-0.1, -0.05) is 121 Å². The molecule has 7 aromatic carbocycles. The van der Waals surface area contributed by atoms with Gasteiger partial charge in [-0.25, -0.2) is 4.98 Å². The van der Waals surface area contributed by atoms with Crippen molar-refractivity contribution in [1.82, 2.24) is 24.1 Å². The van der Waals surface area contributed by atoms with Gasteiger partial charge in [-0.15, -0.1) is 0 Å². The smallest absolute Gasteiger partial charge is 0.238 e. The third kappa shape index (κ3) is 4.01. The maximum atomic E-state index is 5.16. The van der Waals surface area contributed by atoms with Crippen LogP contribution in [0.15, 0.2) is 170 Å². The first-order chi connectivity index (χ1) is 25.3. The third-order valence-corrected chi connectivity index (χ3v) is 10.1. The van der Waals surface area contributed by atoms with E-state index in [9.17, 15) is 0 Å². The van der Waals surface area contributed by atoms with E-state index in [2.05, 4.69) is 123 Å². The molecule has 0 N–H and O–H groups in total. The molecule has 0 radical (unpaired) electrons. The molecule has 0 fully saturated rings. The summed E-state index contributed by atoms with van der Waals surface area (Å²) in [5.74, 6) is 1.86. The number of rotatable bonds is 4. The monoisotopic (exact) mass is 652 g/mol. The summed E-state index contributed by atoms with van der Waals surface area (Å²) in [5, 5.41) is 4.75. The molecule has 0 bridgehead atoms. The molecule has 11 rings (SSSR count). The van der Waals surface area contributed by atoms with Crippen LogP contribution in [0, 0.1) is 0 Å². The summed E-state index contributed by atoms with van der Waals surface area (Å²) < 4.78 is 4.66. The predicted molar refractivity (Wildman–Crippen MR) is 208 cm³/mol. The molecule has 0 saturated heterocycles. The Morgan fingerprint density at radius 1 is 0.353 bits per heavy atom. The van der Waals surface area contributed by atoms with E-state index >= 15 is 0 Å². The number of aromatic nitrogens is 5. The van der Waals surface area contributed by atoms with E-state index in [0.717, 1.165) is 50.3 Å². The predicted octanol–water partition coefficient (Wildman–Crippen LogP) is 11.2. The zero-order valence-corrected chi connectivity index (χ0v) is 27.3. The van der Waals surface area contributed by atoms with Gasteiger partial charge in [0.2, 0.25) is 5.95 Å². The van der Waals surface area contributed by atoms with Crippen LogP contribution in [0.3, 0.4) is 0 Å². The van der Waals surface area contributed by atoms with Crippen LogP contribution in [0.4, 0.5) is 17.1 Å². The lowest BCUT2D eigenvalue weighted by Gasteiger charge is -2.33. The van der Waals surface area contributed by atoms with Crippen LogP contribution in [0.25, 0.3) is 78.0 Å². The zero-order valence-electron chi connectivity index (χ0n) is 27.3. The topological polar surface area (TPSA) is 51.8 Å². The Hall–Kier alpha value is -7.05. The van der Waals surface area contributed by atoms with E-state index in [0.29, 0.717) is 17.6 Å².